The van der Waals surface area contributed by atoms with E-state index in [1.54, 1.807) is 12.3 Å². The number of hydrogen-bond donors (Lipinski definition) is 1. The van der Waals surface area contributed by atoms with Gasteiger partial charge in [-0.1, -0.05) is 6.07 Å². The van der Waals surface area contributed by atoms with Crippen molar-refractivity contribution in [2.45, 2.75) is 44.8 Å². The maximum absolute atomic E-state index is 15.3. The van der Waals surface area contributed by atoms with Crippen LogP contribution in [0.3, 0.4) is 0 Å². The minimum atomic E-state index is -0.218. The molecular formula is C27H34FN9. The first kappa shape index (κ1) is 24.0. The lowest BCUT2D eigenvalue weighted by Gasteiger charge is -2.42. The zero-order valence-corrected chi connectivity index (χ0v) is 21.9. The largest absolute Gasteiger partial charge is 0.369 e. The van der Waals surface area contributed by atoms with Gasteiger partial charge < -0.3 is 15.1 Å². The molecule has 0 aliphatic carbocycles. The number of hydrogen-bond acceptors (Lipinski definition) is 8. The van der Waals surface area contributed by atoms with Crippen molar-refractivity contribution in [2.75, 3.05) is 50.1 Å². The van der Waals surface area contributed by atoms with Crippen LogP contribution in [0.1, 0.15) is 26.7 Å². The van der Waals surface area contributed by atoms with Crippen LogP contribution in [0.25, 0.3) is 28.1 Å². The molecule has 0 bridgehead atoms. The molecule has 1 aromatic carbocycles. The van der Waals surface area contributed by atoms with E-state index in [9.17, 15) is 0 Å². The zero-order valence-electron chi connectivity index (χ0n) is 21.9. The number of aromatic nitrogens is 5. The van der Waals surface area contributed by atoms with Crippen molar-refractivity contribution in [3.05, 3.63) is 42.3 Å². The molecule has 2 atom stereocenters. The van der Waals surface area contributed by atoms with Crippen LogP contribution in [-0.4, -0.2) is 87.9 Å². The molecule has 37 heavy (non-hydrogen) atoms. The predicted octanol–water partition coefficient (Wildman–Crippen LogP) is 3.20. The minimum absolute atomic E-state index is 0.218. The molecule has 4 aromatic rings. The van der Waals surface area contributed by atoms with Gasteiger partial charge in [-0.25, -0.2) is 18.8 Å². The van der Waals surface area contributed by atoms with Gasteiger partial charge in [0.05, 0.1) is 17.6 Å². The average Bonchev–Trinajstić information content (AvgIpc) is 3.36. The van der Waals surface area contributed by atoms with Gasteiger partial charge >= 0.3 is 0 Å². The van der Waals surface area contributed by atoms with Crippen LogP contribution in [-0.2, 0) is 0 Å². The lowest BCUT2D eigenvalue weighted by molar-refractivity contribution is 0.169. The van der Waals surface area contributed by atoms with Gasteiger partial charge in [0.2, 0.25) is 5.95 Å². The summed E-state index contributed by atoms with van der Waals surface area (Å²) in [5, 5.41) is 12.2. The van der Waals surface area contributed by atoms with Gasteiger partial charge in [0.15, 0.2) is 11.3 Å². The number of likely N-dealkylation sites (N-methyl/N-ethyl adjacent to an activating group) is 1. The number of anilines is 2. The van der Waals surface area contributed by atoms with Gasteiger partial charge in [0, 0.05) is 49.9 Å². The van der Waals surface area contributed by atoms with Crippen LogP contribution in [0.2, 0.25) is 0 Å². The fraction of sp³-hybridized carbons (Fsp3) is 0.481. The number of nitrogens with one attached hydrogen (secondary N) is 1. The second-order valence-corrected chi connectivity index (χ2v) is 10.5. The molecule has 0 amide bonds. The second-order valence-electron chi connectivity index (χ2n) is 10.5. The van der Waals surface area contributed by atoms with Crippen LogP contribution in [0.15, 0.2) is 36.5 Å². The summed E-state index contributed by atoms with van der Waals surface area (Å²) in [5.74, 6) is 0.550. The summed E-state index contributed by atoms with van der Waals surface area (Å²) in [4.78, 5) is 16.3. The molecule has 0 radical (unpaired) electrons. The van der Waals surface area contributed by atoms with E-state index in [0.717, 1.165) is 56.0 Å². The van der Waals surface area contributed by atoms with Gasteiger partial charge in [-0.15, -0.1) is 10.2 Å². The average molecular weight is 504 g/mol. The normalized spacial score (nSPS) is 21.9. The Kier molecular flexibility index (Phi) is 6.16. The first-order valence-electron chi connectivity index (χ1n) is 13.1. The van der Waals surface area contributed by atoms with E-state index >= 15 is 4.39 Å². The number of piperazine rings is 1. The summed E-state index contributed by atoms with van der Waals surface area (Å²) in [6.07, 6.45) is 3.76. The summed E-state index contributed by atoms with van der Waals surface area (Å²) in [6, 6.07) is 10.6. The number of fused-ring (bicyclic) bond motifs is 3. The van der Waals surface area contributed by atoms with Gasteiger partial charge in [0.25, 0.3) is 0 Å². The number of pyridine rings is 1. The van der Waals surface area contributed by atoms with Gasteiger partial charge in [-0.2, -0.15) is 0 Å². The van der Waals surface area contributed by atoms with Gasteiger partial charge in [-0.05, 0) is 65.0 Å². The summed E-state index contributed by atoms with van der Waals surface area (Å²) in [5.41, 5.74) is 4.16. The number of benzene rings is 1. The van der Waals surface area contributed by atoms with E-state index in [4.69, 9.17) is 4.98 Å². The lowest BCUT2D eigenvalue weighted by Crippen LogP contribution is -2.55. The number of piperidine rings is 1. The highest BCUT2D eigenvalue weighted by Crippen LogP contribution is 2.30. The van der Waals surface area contributed by atoms with Crippen molar-refractivity contribution in [3.63, 3.8) is 0 Å². The predicted molar refractivity (Wildman–Crippen MR) is 145 cm³/mol. The first-order chi connectivity index (χ1) is 17.9. The topological polar surface area (TPSA) is 77.7 Å². The van der Waals surface area contributed by atoms with E-state index in [0.29, 0.717) is 40.8 Å². The molecule has 194 valence electrons. The second kappa shape index (κ2) is 9.50. The maximum atomic E-state index is 15.3. The Morgan fingerprint density at radius 3 is 2.43 bits per heavy atom. The summed E-state index contributed by atoms with van der Waals surface area (Å²) in [6.45, 7) is 7.85. The van der Waals surface area contributed by atoms with Gasteiger partial charge in [0.1, 0.15) is 11.3 Å². The third-order valence-corrected chi connectivity index (χ3v) is 8.19. The molecule has 2 aliphatic rings. The zero-order chi connectivity index (χ0) is 25.7. The number of nitrogens with zero attached hydrogens (tertiary/aromatic N) is 8. The third-order valence-electron chi connectivity index (χ3n) is 8.19. The Morgan fingerprint density at radius 1 is 0.973 bits per heavy atom. The summed E-state index contributed by atoms with van der Waals surface area (Å²) in [7, 11) is 4.15. The van der Waals surface area contributed by atoms with Crippen molar-refractivity contribution >= 4 is 28.4 Å². The Labute approximate surface area is 216 Å². The fourth-order valence-electron chi connectivity index (χ4n) is 5.67. The SMILES string of the molecule is CNC1CCN(c2ccc(-c3ccc4ncc5nnc(N6C[C@@H](C)N(C)[C@@H](C)C6)n5c4n3)cc2F)CC1. The molecule has 1 N–H and O–H groups in total. The molecule has 3 aromatic heterocycles. The minimum Gasteiger partial charge on any atom is -0.369 e. The van der Waals surface area contributed by atoms with Crippen LogP contribution >= 0.6 is 0 Å². The Bertz CT molecular complexity index is 1420. The van der Waals surface area contributed by atoms with Crippen molar-refractivity contribution < 1.29 is 4.39 Å². The van der Waals surface area contributed by atoms with Crippen molar-refractivity contribution in [1.29, 1.82) is 0 Å². The molecule has 0 saturated carbocycles. The standard InChI is InChI=1S/C27H34FN9/c1-17-15-36(16-18(2)34(17)4)27-33-32-25-14-30-23-7-6-22(31-26(23)37(25)27)19-5-8-24(21(28)13-19)35-11-9-20(29-3)10-12-35/h5-8,13-14,17-18,20,29H,9-12,15-16H2,1-4H3/t17-,18+. The van der Waals surface area contributed by atoms with Gasteiger partial charge in [-0.3, -0.25) is 4.90 Å². The molecule has 10 heteroatoms. The molecule has 0 spiro atoms. The highest BCUT2D eigenvalue weighted by Gasteiger charge is 2.29. The molecule has 2 saturated heterocycles. The quantitative estimate of drug-likeness (QED) is 0.455. The maximum Gasteiger partial charge on any atom is 0.233 e. The van der Waals surface area contributed by atoms with E-state index < -0.39 is 0 Å². The molecule has 5 heterocycles. The number of rotatable bonds is 4. The molecule has 6 rings (SSSR count). The third kappa shape index (κ3) is 4.27. The molecule has 2 fully saturated rings. The van der Waals surface area contributed by atoms with E-state index in [-0.39, 0.29) is 5.82 Å². The Hall–Kier alpha value is -3.37. The van der Waals surface area contributed by atoms with E-state index in [1.165, 1.54) is 0 Å². The first-order valence-corrected chi connectivity index (χ1v) is 13.1. The van der Waals surface area contributed by atoms with Crippen molar-refractivity contribution in [2.24, 2.45) is 0 Å². The highest BCUT2D eigenvalue weighted by molar-refractivity contribution is 5.79. The lowest BCUT2D eigenvalue weighted by atomic mass is 10.0. The number of halogens is 1. The monoisotopic (exact) mass is 503 g/mol. The van der Waals surface area contributed by atoms with E-state index in [2.05, 4.69) is 56.1 Å². The summed E-state index contributed by atoms with van der Waals surface area (Å²) >= 11 is 0. The highest BCUT2D eigenvalue weighted by atomic mass is 19.1. The van der Waals surface area contributed by atoms with Crippen molar-refractivity contribution in [1.82, 2.24) is 34.8 Å². The van der Waals surface area contributed by atoms with Crippen molar-refractivity contribution in [3.8, 4) is 11.3 Å². The fourth-order valence-corrected chi connectivity index (χ4v) is 5.67. The summed E-state index contributed by atoms with van der Waals surface area (Å²) < 4.78 is 17.3. The molecule has 2 aliphatic heterocycles. The molecule has 9 nitrogen and oxygen atoms in total. The van der Waals surface area contributed by atoms with Crippen LogP contribution in [0.5, 0.6) is 0 Å². The Morgan fingerprint density at radius 2 is 1.73 bits per heavy atom. The molecular weight excluding hydrogens is 469 g/mol. The van der Waals surface area contributed by atoms with E-state index in [1.807, 2.05) is 35.7 Å². The van der Waals surface area contributed by atoms with Crippen LogP contribution in [0.4, 0.5) is 16.0 Å². The Balaban J connectivity index is 1.36. The van der Waals surface area contributed by atoms with Crippen LogP contribution < -0.4 is 15.1 Å². The molecule has 0 unspecified atom stereocenters. The smallest absolute Gasteiger partial charge is 0.233 e. The van der Waals surface area contributed by atoms with Crippen LogP contribution in [0, 0.1) is 5.82 Å².